The quantitative estimate of drug-likeness (QED) is 0.411. The van der Waals surface area contributed by atoms with Gasteiger partial charge in [-0.1, -0.05) is 45.8 Å². The molecule has 0 atom stereocenters. The fourth-order valence-corrected chi connectivity index (χ4v) is 0.922. The Balaban J connectivity index is 0. The van der Waals surface area contributed by atoms with Crippen LogP contribution in [0.15, 0.2) is 46.7 Å². The van der Waals surface area contributed by atoms with Gasteiger partial charge < -0.3 is 4.74 Å². The minimum Gasteiger partial charge on any atom is -0.503 e. The van der Waals surface area contributed by atoms with Crippen LogP contribution in [0.25, 0.3) is 0 Å². The van der Waals surface area contributed by atoms with Crippen LogP contribution in [0, 0.1) is 0 Å². The average Bonchev–Trinajstić information content (AvgIpc) is 2.03. The number of hydrogen-bond acceptors (Lipinski definition) is 1. The Labute approximate surface area is 99.9 Å². The highest BCUT2D eigenvalue weighted by Crippen LogP contribution is 2.12. The minimum absolute atomic E-state index is 0.522. The first-order chi connectivity index (χ1) is 6.43. The molecule has 0 N–H and O–H groups in total. The normalized spacial score (nSPS) is 11.2. The van der Waals surface area contributed by atoms with Crippen molar-refractivity contribution < 1.29 is 4.74 Å². The first-order valence-electron chi connectivity index (χ1n) is 3.94. The van der Waals surface area contributed by atoms with E-state index in [1.54, 1.807) is 12.2 Å². The largest absolute Gasteiger partial charge is 0.503 e. The molecule has 0 aromatic carbocycles. The molecule has 0 heterocycles. The lowest BCUT2D eigenvalue weighted by molar-refractivity contribution is 0.337. The molecule has 0 amide bonds. The van der Waals surface area contributed by atoms with Gasteiger partial charge in [-0.2, -0.15) is 0 Å². The minimum atomic E-state index is 0.522. The molecule has 14 heavy (non-hydrogen) atoms. The number of ether oxygens (including phenoxy) is 1. The summed E-state index contributed by atoms with van der Waals surface area (Å²) in [4.78, 5) is 0. The summed E-state index contributed by atoms with van der Waals surface area (Å²) in [6.07, 6.45) is 4.77. The van der Waals surface area contributed by atoms with E-state index in [-0.39, 0.29) is 0 Å². The van der Waals surface area contributed by atoms with Crippen LogP contribution < -0.4 is 0 Å². The SMILES string of the molecule is C=C(C)C.C=C/C(Br)=C\C(Cl)=C\OC. The Morgan fingerprint density at radius 2 is 1.86 bits per heavy atom. The van der Waals surface area contributed by atoms with Crippen LogP contribution in [0.3, 0.4) is 0 Å². The summed E-state index contributed by atoms with van der Waals surface area (Å²) in [7, 11) is 1.54. The summed E-state index contributed by atoms with van der Waals surface area (Å²) >= 11 is 8.85. The van der Waals surface area contributed by atoms with Crippen LogP contribution >= 0.6 is 27.5 Å². The van der Waals surface area contributed by atoms with Gasteiger partial charge in [-0.25, -0.2) is 0 Å². The molecule has 0 spiro atoms. The van der Waals surface area contributed by atoms with E-state index in [0.29, 0.717) is 5.03 Å². The molecule has 0 aromatic rings. The van der Waals surface area contributed by atoms with E-state index in [0.717, 1.165) is 4.48 Å². The first kappa shape index (κ1) is 16.0. The van der Waals surface area contributed by atoms with Crippen molar-refractivity contribution in [2.75, 3.05) is 7.11 Å². The number of methoxy groups -OCH3 is 1. The van der Waals surface area contributed by atoms with Crippen molar-refractivity contribution in [1.82, 2.24) is 0 Å². The lowest BCUT2D eigenvalue weighted by atomic mass is 10.4. The highest BCUT2D eigenvalue weighted by Gasteiger charge is 1.86. The van der Waals surface area contributed by atoms with E-state index in [9.17, 15) is 0 Å². The highest BCUT2D eigenvalue weighted by atomic mass is 79.9. The predicted molar refractivity (Wildman–Crippen MR) is 68.6 cm³/mol. The van der Waals surface area contributed by atoms with E-state index in [4.69, 9.17) is 11.6 Å². The molecule has 0 bridgehead atoms. The summed E-state index contributed by atoms with van der Waals surface area (Å²) < 4.78 is 5.48. The second-order valence-corrected chi connectivity index (χ2v) is 4.03. The van der Waals surface area contributed by atoms with Crippen LogP contribution in [0.5, 0.6) is 0 Å². The maximum Gasteiger partial charge on any atom is 0.101 e. The van der Waals surface area contributed by atoms with E-state index in [1.165, 1.54) is 18.9 Å². The summed E-state index contributed by atoms with van der Waals surface area (Å²) in [5, 5.41) is 0.522. The van der Waals surface area contributed by atoms with Crippen molar-refractivity contribution in [1.29, 1.82) is 0 Å². The number of allylic oxidation sites excluding steroid dienone is 5. The molecule has 0 saturated heterocycles. The highest BCUT2D eigenvalue weighted by molar-refractivity contribution is 9.11. The topological polar surface area (TPSA) is 9.23 Å². The van der Waals surface area contributed by atoms with Gasteiger partial charge in [-0.15, -0.1) is 6.58 Å². The van der Waals surface area contributed by atoms with Crippen LogP contribution in [0.2, 0.25) is 0 Å². The van der Waals surface area contributed by atoms with Gasteiger partial charge in [0, 0.05) is 4.48 Å². The Hall–Kier alpha value is -0.470. The van der Waals surface area contributed by atoms with E-state index in [2.05, 4.69) is 33.8 Å². The van der Waals surface area contributed by atoms with Gasteiger partial charge in [0.1, 0.15) is 6.26 Å². The maximum atomic E-state index is 5.64. The zero-order valence-electron chi connectivity index (χ0n) is 8.81. The van der Waals surface area contributed by atoms with E-state index >= 15 is 0 Å². The third kappa shape index (κ3) is 17.6. The number of hydrogen-bond donors (Lipinski definition) is 0. The third-order valence-corrected chi connectivity index (χ3v) is 1.45. The van der Waals surface area contributed by atoms with Crippen LogP contribution in [-0.2, 0) is 4.74 Å². The van der Waals surface area contributed by atoms with Crippen LogP contribution in [0.4, 0.5) is 0 Å². The zero-order chi connectivity index (χ0) is 11.6. The Morgan fingerprint density at radius 1 is 1.43 bits per heavy atom. The summed E-state index contributed by atoms with van der Waals surface area (Å²) in [5.74, 6) is 0. The molecule has 0 aromatic heterocycles. The van der Waals surface area contributed by atoms with Crippen molar-refractivity contribution in [2.45, 2.75) is 13.8 Å². The van der Waals surface area contributed by atoms with Crippen molar-refractivity contribution >= 4 is 27.5 Å². The van der Waals surface area contributed by atoms with Crippen LogP contribution in [-0.4, -0.2) is 7.11 Å². The molecular formula is C11H16BrClO. The lowest BCUT2D eigenvalue weighted by Gasteiger charge is -1.89. The summed E-state index contributed by atoms with van der Waals surface area (Å²) in [5.41, 5.74) is 1.17. The molecule has 80 valence electrons. The van der Waals surface area contributed by atoms with Gasteiger partial charge >= 0.3 is 0 Å². The fraction of sp³-hybridized carbons (Fsp3) is 0.273. The first-order valence-corrected chi connectivity index (χ1v) is 5.11. The van der Waals surface area contributed by atoms with E-state index < -0.39 is 0 Å². The molecule has 0 radical (unpaired) electrons. The molecule has 1 nitrogen and oxygen atoms in total. The molecule has 0 aliphatic carbocycles. The second-order valence-electron chi connectivity index (χ2n) is 2.68. The maximum absolute atomic E-state index is 5.64. The number of halogens is 2. The van der Waals surface area contributed by atoms with Crippen molar-refractivity contribution in [3.05, 3.63) is 46.7 Å². The molecule has 0 rings (SSSR count). The zero-order valence-corrected chi connectivity index (χ0v) is 11.2. The van der Waals surface area contributed by atoms with Gasteiger partial charge in [0.15, 0.2) is 0 Å². The van der Waals surface area contributed by atoms with Crippen LogP contribution in [0.1, 0.15) is 13.8 Å². The molecule has 3 heteroatoms. The van der Waals surface area contributed by atoms with Crippen molar-refractivity contribution in [2.24, 2.45) is 0 Å². The second kappa shape index (κ2) is 10.6. The van der Waals surface area contributed by atoms with Gasteiger partial charge in [0.25, 0.3) is 0 Å². The van der Waals surface area contributed by atoms with Gasteiger partial charge in [0.2, 0.25) is 0 Å². The summed E-state index contributed by atoms with van der Waals surface area (Å²) in [6, 6.07) is 0. The Kier molecular flexibility index (Phi) is 12.1. The Morgan fingerprint density at radius 3 is 2.14 bits per heavy atom. The monoisotopic (exact) mass is 278 g/mol. The van der Waals surface area contributed by atoms with Gasteiger partial charge in [-0.05, 0) is 19.9 Å². The fourth-order valence-electron chi connectivity index (χ4n) is 0.337. The standard InChI is InChI=1S/C7H8BrClO.C4H8/c1-3-6(8)4-7(9)5-10-2;1-4(2)3/h3-5H,1H2,2H3;1H2,2-3H3/b6-4+,7-5-;. The average molecular weight is 280 g/mol. The molecule has 0 aliphatic heterocycles. The molecule has 0 unspecified atom stereocenters. The van der Waals surface area contributed by atoms with E-state index in [1.807, 2.05) is 13.8 Å². The summed E-state index contributed by atoms with van der Waals surface area (Å²) in [6.45, 7) is 11.0. The molecule has 0 saturated carbocycles. The molecule has 0 fully saturated rings. The third-order valence-electron chi connectivity index (χ3n) is 0.701. The molecule has 0 aliphatic rings. The Bertz CT molecular complexity index is 238. The van der Waals surface area contributed by atoms with Gasteiger partial charge in [0.05, 0.1) is 12.1 Å². The predicted octanol–water partition coefficient (Wildman–Crippen LogP) is 4.76. The smallest absolute Gasteiger partial charge is 0.101 e. The molecular weight excluding hydrogens is 263 g/mol. The van der Waals surface area contributed by atoms with Crippen molar-refractivity contribution in [3.8, 4) is 0 Å². The van der Waals surface area contributed by atoms with Gasteiger partial charge in [-0.3, -0.25) is 0 Å². The lowest BCUT2D eigenvalue weighted by Crippen LogP contribution is -1.69. The van der Waals surface area contributed by atoms with Crippen molar-refractivity contribution in [3.63, 3.8) is 0 Å². The number of rotatable bonds is 3.